The Morgan fingerprint density at radius 1 is 0.353 bits per heavy atom. The van der Waals surface area contributed by atoms with Crippen molar-refractivity contribution in [2.75, 3.05) is 0 Å². The van der Waals surface area contributed by atoms with Crippen LogP contribution in [0.2, 0.25) is 0 Å². The van der Waals surface area contributed by atoms with Crippen molar-refractivity contribution in [2.24, 2.45) is 0 Å². The molecule has 0 saturated carbocycles. The molecular weight excluding hydrogens is 619 g/mol. The Labute approximate surface area is 294 Å². The molecule has 0 aliphatic carbocycles. The van der Waals surface area contributed by atoms with Crippen LogP contribution in [0.15, 0.2) is 164 Å². The number of fused-ring (bicyclic) bond motifs is 3. The van der Waals surface area contributed by atoms with Crippen LogP contribution in [0.1, 0.15) is 5.56 Å². The zero-order valence-electron chi connectivity index (χ0n) is 27.4. The summed E-state index contributed by atoms with van der Waals surface area (Å²) in [5.74, 6) is 1.61. The lowest BCUT2D eigenvalue weighted by molar-refractivity contribution is 0.487. The molecule has 0 saturated heterocycles. The summed E-state index contributed by atoms with van der Waals surface area (Å²) >= 11 is 0. The highest BCUT2D eigenvalue weighted by atomic mass is 16.5. The molecule has 1 aliphatic rings. The topological polar surface area (TPSA) is 33.0 Å². The van der Waals surface area contributed by atoms with E-state index >= 15 is 0 Å². The Morgan fingerprint density at radius 3 is 1.75 bits per heavy atom. The van der Waals surface area contributed by atoms with E-state index in [1.54, 1.807) is 0 Å². The molecule has 0 spiro atoms. The summed E-state index contributed by atoms with van der Waals surface area (Å²) in [6, 6.07) is 61.2. The van der Waals surface area contributed by atoms with E-state index < -0.39 is 0 Å². The lowest BCUT2D eigenvalue weighted by Crippen LogP contribution is -1.98. The standard InChI is InChI=1S/C49H27NO/c50-28-37-18-24-44-41-21-17-34(27-46(41)51-45-10-4-9-40(37)49(44)45)33-7-3-8-35(26-33)38-19-13-30-16-23-43-39(20-14-31-15-22-42(38)47(30)48(31)43)36-12-11-29-5-1-2-6-32(29)25-36/h1-27H. The zero-order chi connectivity index (χ0) is 33.6. The van der Waals surface area contributed by atoms with Crippen LogP contribution in [-0.4, -0.2) is 0 Å². The Kier molecular flexibility index (Phi) is 5.77. The first kappa shape index (κ1) is 27.9. The van der Waals surface area contributed by atoms with Crippen LogP contribution in [0.3, 0.4) is 0 Å². The molecule has 0 N–H and O–H groups in total. The van der Waals surface area contributed by atoms with Gasteiger partial charge in [0.25, 0.3) is 0 Å². The highest BCUT2D eigenvalue weighted by molar-refractivity contribution is 6.27. The van der Waals surface area contributed by atoms with Gasteiger partial charge in [0, 0.05) is 16.3 Å². The zero-order valence-corrected chi connectivity index (χ0v) is 27.4. The molecular formula is C49H27NO. The average molecular weight is 646 g/mol. The van der Waals surface area contributed by atoms with E-state index in [1.165, 1.54) is 65.3 Å². The van der Waals surface area contributed by atoms with Crippen LogP contribution in [0.4, 0.5) is 0 Å². The molecule has 234 valence electrons. The second-order valence-electron chi connectivity index (χ2n) is 13.6. The summed E-state index contributed by atoms with van der Waals surface area (Å²) in [4.78, 5) is 0. The van der Waals surface area contributed by atoms with Crippen LogP contribution in [-0.2, 0) is 0 Å². The van der Waals surface area contributed by atoms with Crippen LogP contribution in [0.25, 0.3) is 98.4 Å². The second-order valence-corrected chi connectivity index (χ2v) is 13.6. The number of rotatable bonds is 3. The minimum absolute atomic E-state index is 0.660. The third-order valence-corrected chi connectivity index (χ3v) is 10.8. The number of hydrogen-bond donors (Lipinski definition) is 0. The highest BCUT2D eigenvalue weighted by Gasteiger charge is 2.22. The molecule has 0 radical (unpaired) electrons. The van der Waals surface area contributed by atoms with Crippen molar-refractivity contribution >= 4 is 53.9 Å². The molecule has 1 aliphatic heterocycles. The summed E-state index contributed by atoms with van der Waals surface area (Å²) in [5, 5.41) is 21.8. The molecule has 51 heavy (non-hydrogen) atoms. The van der Waals surface area contributed by atoms with Gasteiger partial charge in [-0.05, 0) is 118 Å². The number of ether oxygens (including phenoxy) is 1. The van der Waals surface area contributed by atoms with Crippen LogP contribution in [0.5, 0.6) is 11.5 Å². The summed E-state index contributed by atoms with van der Waals surface area (Å²) in [5.41, 5.74) is 9.92. The van der Waals surface area contributed by atoms with Crippen molar-refractivity contribution < 1.29 is 4.74 Å². The molecule has 2 heteroatoms. The summed E-state index contributed by atoms with van der Waals surface area (Å²) in [7, 11) is 0. The van der Waals surface area contributed by atoms with Crippen LogP contribution in [0, 0.1) is 11.3 Å². The van der Waals surface area contributed by atoms with Crippen molar-refractivity contribution in [2.45, 2.75) is 0 Å². The molecule has 10 aromatic carbocycles. The molecule has 11 rings (SSSR count). The summed E-state index contributed by atoms with van der Waals surface area (Å²) in [6.45, 7) is 0. The summed E-state index contributed by atoms with van der Waals surface area (Å²) in [6.07, 6.45) is 0. The predicted octanol–water partition coefficient (Wildman–Crippen LogP) is 13.5. The normalized spacial score (nSPS) is 12.1. The van der Waals surface area contributed by atoms with Gasteiger partial charge in [0.2, 0.25) is 0 Å². The Balaban J connectivity index is 1.04. The Morgan fingerprint density at radius 2 is 0.961 bits per heavy atom. The number of hydrogen-bond acceptors (Lipinski definition) is 2. The van der Waals surface area contributed by atoms with Gasteiger partial charge in [0.05, 0.1) is 11.6 Å². The molecule has 0 fully saturated rings. The molecule has 10 aromatic rings. The van der Waals surface area contributed by atoms with E-state index in [-0.39, 0.29) is 0 Å². The van der Waals surface area contributed by atoms with Gasteiger partial charge in [-0.2, -0.15) is 5.26 Å². The van der Waals surface area contributed by atoms with Crippen molar-refractivity contribution in [1.29, 1.82) is 5.26 Å². The largest absolute Gasteiger partial charge is 0.456 e. The lowest BCUT2D eigenvalue weighted by atomic mass is 9.86. The maximum Gasteiger partial charge on any atom is 0.135 e. The minimum atomic E-state index is 0.660. The maximum absolute atomic E-state index is 9.69. The van der Waals surface area contributed by atoms with Crippen molar-refractivity contribution in [1.82, 2.24) is 0 Å². The van der Waals surface area contributed by atoms with Crippen LogP contribution < -0.4 is 4.74 Å². The van der Waals surface area contributed by atoms with Gasteiger partial charge in [0.15, 0.2) is 0 Å². The monoisotopic (exact) mass is 645 g/mol. The van der Waals surface area contributed by atoms with Gasteiger partial charge >= 0.3 is 0 Å². The van der Waals surface area contributed by atoms with E-state index in [0.717, 1.165) is 44.5 Å². The average Bonchev–Trinajstić information content (AvgIpc) is 3.19. The van der Waals surface area contributed by atoms with Gasteiger partial charge in [-0.15, -0.1) is 0 Å². The van der Waals surface area contributed by atoms with Crippen molar-refractivity contribution in [3.63, 3.8) is 0 Å². The molecule has 0 amide bonds. The SMILES string of the molecule is N#Cc1ccc2c3c(cccc13)Oc1cc(-c3cccc(-c4ccc5ccc6c(-c7ccc8ccccc8c7)ccc7ccc4c5c76)c3)ccc1-2. The fraction of sp³-hybridized carbons (Fsp3) is 0. The number of benzene rings is 10. The summed E-state index contributed by atoms with van der Waals surface area (Å²) < 4.78 is 6.50. The molecule has 0 atom stereocenters. The van der Waals surface area contributed by atoms with E-state index in [9.17, 15) is 5.26 Å². The van der Waals surface area contributed by atoms with Gasteiger partial charge in [0.1, 0.15) is 11.5 Å². The molecule has 2 nitrogen and oxygen atoms in total. The van der Waals surface area contributed by atoms with Gasteiger partial charge in [-0.1, -0.05) is 127 Å². The van der Waals surface area contributed by atoms with Gasteiger partial charge in [-0.3, -0.25) is 0 Å². The second kappa shape index (κ2) is 10.5. The third kappa shape index (κ3) is 4.10. The van der Waals surface area contributed by atoms with E-state index in [0.29, 0.717) is 5.56 Å². The van der Waals surface area contributed by atoms with E-state index in [2.05, 4.69) is 140 Å². The maximum atomic E-state index is 9.69. The van der Waals surface area contributed by atoms with Crippen molar-refractivity contribution in [3.8, 4) is 62.1 Å². The smallest absolute Gasteiger partial charge is 0.135 e. The van der Waals surface area contributed by atoms with E-state index in [4.69, 9.17) is 4.74 Å². The Bertz CT molecular complexity index is 3130. The molecule has 0 aromatic heterocycles. The first-order valence-corrected chi connectivity index (χ1v) is 17.3. The predicted molar refractivity (Wildman–Crippen MR) is 212 cm³/mol. The quantitative estimate of drug-likeness (QED) is 0.179. The van der Waals surface area contributed by atoms with Gasteiger partial charge in [-0.25, -0.2) is 0 Å². The number of nitrogens with zero attached hydrogens (tertiary/aromatic N) is 1. The lowest BCUT2D eigenvalue weighted by Gasteiger charge is -2.22. The van der Waals surface area contributed by atoms with Crippen LogP contribution >= 0.6 is 0 Å². The number of nitriles is 1. The molecule has 1 heterocycles. The first-order valence-electron chi connectivity index (χ1n) is 17.3. The van der Waals surface area contributed by atoms with E-state index in [1.807, 2.05) is 30.3 Å². The first-order chi connectivity index (χ1) is 25.2. The molecule has 0 unspecified atom stereocenters. The fourth-order valence-corrected chi connectivity index (χ4v) is 8.44. The van der Waals surface area contributed by atoms with Gasteiger partial charge < -0.3 is 4.74 Å². The third-order valence-electron chi connectivity index (χ3n) is 10.8. The highest BCUT2D eigenvalue weighted by Crippen LogP contribution is 2.49. The van der Waals surface area contributed by atoms with Crippen molar-refractivity contribution in [3.05, 3.63) is 169 Å². The minimum Gasteiger partial charge on any atom is -0.456 e. The fourth-order valence-electron chi connectivity index (χ4n) is 8.44. The molecule has 0 bridgehead atoms. The Hall–Kier alpha value is -6.95.